The fourth-order valence-electron chi connectivity index (χ4n) is 3.20. The van der Waals surface area contributed by atoms with Crippen molar-refractivity contribution in [2.45, 2.75) is 26.9 Å². The molecular weight excluding hydrogens is 354 g/mol. The van der Waals surface area contributed by atoms with Gasteiger partial charge in [0, 0.05) is 12.0 Å². The second kappa shape index (κ2) is 8.57. The zero-order chi connectivity index (χ0) is 20.1. The predicted molar refractivity (Wildman–Crippen MR) is 109 cm³/mol. The number of amides is 1. The summed E-state index contributed by atoms with van der Waals surface area (Å²) in [6, 6.07) is 15.1. The molecule has 0 heterocycles. The third-order valence-electron chi connectivity index (χ3n) is 4.52. The Morgan fingerprint density at radius 3 is 2.46 bits per heavy atom. The van der Waals surface area contributed by atoms with Crippen LogP contribution >= 0.6 is 0 Å². The molecule has 3 rings (SSSR count). The summed E-state index contributed by atoms with van der Waals surface area (Å²) in [4.78, 5) is 23.4. The average molecular weight is 377 g/mol. The van der Waals surface area contributed by atoms with Crippen molar-refractivity contribution in [3.8, 4) is 11.5 Å². The van der Waals surface area contributed by atoms with Crippen LogP contribution in [0, 0.1) is 6.92 Å². The number of aldehydes is 1. The van der Waals surface area contributed by atoms with Crippen LogP contribution in [0.25, 0.3) is 10.8 Å². The highest BCUT2D eigenvalue weighted by Gasteiger charge is 2.18. The van der Waals surface area contributed by atoms with Crippen LogP contribution in [-0.2, 0) is 17.8 Å². The SMILES string of the molecule is CCOc1ccc(COc2c(C(N)=O)cc3ccc(C)cc3c2CC=O)cc1. The summed E-state index contributed by atoms with van der Waals surface area (Å²) < 4.78 is 11.5. The smallest absolute Gasteiger partial charge is 0.252 e. The van der Waals surface area contributed by atoms with Crippen molar-refractivity contribution in [1.29, 1.82) is 0 Å². The molecule has 0 aliphatic carbocycles. The van der Waals surface area contributed by atoms with Crippen molar-refractivity contribution in [2.75, 3.05) is 6.61 Å². The first-order valence-corrected chi connectivity index (χ1v) is 9.17. The maximum atomic E-state index is 12.1. The van der Waals surface area contributed by atoms with Crippen LogP contribution in [-0.4, -0.2) is 18.8 Å². The van der Waals surface area contributed by atoms with E-state index in [9.17, 15) is 9.59 Å². The van der Waals surface area contributed by atoms with E-state index in [1.165, 1.54) is 0 Å². The van der Waals surface area contributed by atoms with E-state index < -0.39 is 5.91 Å². The Morgan fingerprint density at radius 1 is 1.07 bits per heavy atom. The summed E-state index contributed by atoms with van der Waals surface area (Å²) in [5.74, 6) is 0.565. The van der Waals surface area contributed by atoms with E-state index in [0.29, 0.717) is 17.9 Å². The maximum absolute atomic E-state index is 12.1. The summed E-state index contributed by atoms with van der Waals surface area (Å²) in [6.45, 7) is 4.75. The van der Waals surface area contributed by atoms with Crippen molar-refractivity contribution in [3.63, 3.8) is 0 Å². The Labute approximate surface area is 164 Å². The van der Waals surface area contributed by atoms with E-state index in [1.807, 2.05) is 56.3 Å². The summed E-state index contributed by atoms with van der Waals surface area (Å²) >= 11 is 0. The third-order valence-corrected chi connectivity index (χ3v) is 4.52. The van der Waals surface area contributed by atoms with Gasteiger partial charge >= 0.3 is 0 Å². The van der Waals surface area contributed by atoms with Crippen molar-refractivity contribution < 1.29 is 19.1 Å². The van der Waals surface area contributed by atoms with Gasteiger partial charge in [-0.15, -0.1) is 0 Å². The van der Waals surface area contributed by atoms with Gasteiger partial charge in [-0.05, 0) is 48.4 Å². The van der Waals surface area contributed by atoms with Crippen LogP contribution in [0.2, 0.25) is 0 Å². The second-order valence-electron chi connectivity index (χ2n) is 6.56. The number of rotatable bonds is 8. The fraction of sp³-hybridized carbons (Fsp3) is 0.217. The highest BCUT2D eigenvalue weighted by Crippen LogP contribution is 2.34. The van der Waals surface area contributed by atoms with Crippen LogP contribution in [0.15, 0.2) is 48.5 Å². The monoisotopic (exact) mass is 377 g/mol. The Hall–Kier alpha value is -3.34. The molecule has 5 heteroatoms. The number of ether oxygens (including phenoxy) is 2. The molecule has 0 aliphatic heterocycles. The quantitative estimate of drug-likeness (QED) is 0.603. The molecular formula is C23H23NO4. The largest absolute Gasteiger partial charge is 0.494 e. The Morgan fingerprint density at radius 2 is 1.82 bits per heavy atom. The lowest BCUT2D eigenvalue weighted by molar-refractivity contribution is -0.107. The van der Waals surface area contributed by atoms with Gasteiger partial charge in [0.05, 0.1) is 12.2 Å². The van der Waals surface area contributed by atoms with E-state index in [4.69, 9.17) is 15.2 Å². The van der Waals surface area contributed by atoms with Gasteiger partial charge < -0.3 is 20.0 Å². The summed E-state index contributed by atoms with van der Waals surface area (Å²) in [5.41, 5.74) is 8.53. The minimum absolute atomic E-state index is 0.139. The van der Waals surface area contributed by atoms with Crippen molar-refractivity contribution in [1.82, 2.24) is 0 Å². The fourth-order valence-corrected chi connectivity index (χ4v) is 3.20. The summed E-state index contributed by atoms with van der Waals surface area (Å²) in [6.07, 6.45) is 0.950. The molecule has 0 saturated heterocycles. The van der Waals surface area contributed by atoms with Gasteiger partial charge in [-0.1, -0.05) is 35.9 Å². The van der Waals surface area contributed by atoms with Gasteiger partial charge in [0.25, 0.3) is 5.91 Å². The normalized spacial score (nSPS) is 10.6. The van der Waals surface area contributed by atoms with E-state index in [0.717, 1.165) is 33.9 Å². The number of hydrogen-bond donors (Lipinski definition) is 1. The lowest BCUT2D eigenvalue weighted by atomic mass is 9.95. The minimum Gasteiger partial charge on any atom is -0.494 e. The minimum atomic E-state index is -0.587. The molecule has 28 heavy (non-hydrogen) atoms. The van der Waals surface area contributed by atoms with Gasteiger partial charge in [-0.3, -0.25) is 4.79 Å². The second-order valence-corrected chi connectivity index (χ2v) is 6.56. The molecule has 0 aliphatic rings. The predicted octanol–water partition coefficient (Wildman–Crippen LogP) is 3.97. The molecule has 0 aromatic heterocycles. The first-order chi connectivity index (χ1) is 13.5. The van der Waals surface area contributed by atoms with Gasteiger partial charge in [-0.25, -0.2) is 0 Å². The van der Waals surface area contributed by atoms with Crippen molar-refractivity contribution >= 4 is 23.0 Å². The van der Waals surface area contributed by atoms with Gasteiger partial charge in [0.1, 0.15) is 24.4 Å². The number of nitrogens with two attached hydrogens (primary N) is 1. The number of carbonyl (C=O) groups excluding carboxylic acids is 2. The van der Waals surface area contributed by atoms with E-state index in [1.54, 1.807) is 6.07 Å². The molecule has 3 aromatic rings. The number of aryl methyl sites for hydroxylation is 1. The van der Waals surface area contributed by atoms with Crippen LogP contribution < -0.4 is 15.2 Å². The van der Waals surface area contributed by atoms with Gasteiger partial charge in [-0.2, -0.15) is 0 Å². The molecule has 0 saturated carbocycles. The zero-order valence-corrected chi connectivity index (χ0v) is 16.0. The first kappa shape index (κ1) is 19.4. The number of primary amides is 1. The van der Waals surface area contributed by atoms with Crippen LogP contribution in [0.5, 0.6) is 11.5 Å². The van der Waals surface area contributed by atoms with Crippen molar-refractivity contribution in [2.24, 2.45) is 5.73 Å². The van der Waals surface area contributed by atoms with Crippen LogP contribution in [0.1, 0.15) is 34.0 Å². The number of fused-ring (bicyclic) bond motifs is 1. The lowest BCUT2D eigenvalue weighted by Crippen LogP contribution is -2.15. The molecule has 0 atom stereocenters. The Balaban J connectivity index is 2.01. The Kier molecular flexibility index (Phi) is 5.94. The average Bonchev–Trinajstić information content (AvgIpc) is 2.68. The Bertz CT molecular complexity index is 1010. The van der Waals surface area contributed by atoms with E-state index in [2.05, 4.69) is 0 Å². The molecule has 0 fully saturated rings. The topological polar surface area (TPSA) is 78.6 Å². The molecule has 144 valence electrons. The standard InChI is InChI=1S/C23H23NO4/c1-3-27-18-8-5-16(6-9-18)14-28-22-19(10-11-25)20-12-15(2)4-7-17(20)13-21(22)23(24)26/h4-9,11-13H,3,10,14H2,1-2H3,(H2,24,26). The molecule has 2 N–H and O–H groups in total. The number of hydrogen-bond acceptors (Lipinski definition) is 4. The van der Waals surface area contributed by atoms with Gasteiger partial charge in [0.15, 0.2) is 0 Å². The van der Waals surface area contributed by atoms with E-state index >= 15 is 0 Å². The van der Waals surface area contributed by atoms with Crippen LogP contribution in [0.3, 0.4) is 0 Å². The molecule has 0 unspecified atom stereocenters. The molecule has 3 aromatic carbocycles. The van der Waals surface area contributed by atoms with Gasteiger partial charge in [0.2, 0.25) is 0 Å². The third kappa shape index (κ3) is 4.14. The first-order valence-electron chi connectivity index (χ1n) is 9.17. The lowest BCUT2D eigenvalue weighted by Gasteiger charge is -2.17. The molecule has 0 bridgehead atoms. The molecule has 1 amide bonds. The molecule has 5 nitrogen and oxygen atoms in total. The number of benzene rings is 3. The summed E-state index contributed by atoms with van der Waals surface area (Å²) in [7, 11) is 0. The zero-order valence-electron chi connectivity index (χ0n) is 16.0. The van der Waals surface area contributed by atoms with Crippen LogP contribution in [0.4, 0.5) is 0 Å². The number of carbonyl (C=O) groups is 2. The molecule has 0 spiro atoms. The highest BCUT2D eigenvalue weighted by molar-refractivity contribution is 6.03. The maximum Gasteiger partial charge on any atom is 0.252 e. The van der Waals surface area contributed by atoms with E-state index in [-0.39, 0.29) is 18.6 Å². The van der Waals surface area contributed by atoms with Crippen molar-refractivity contribution in [3.05, 3.63) is 70.8 Å². The highest BCUT2D eigenvalue weighted by atomic mass is 16.5. The molecule has 0 radical (unpaired) electrons. The summed E-state index contributed by atoms with van der Waals surface area (Å²) in [5, 5.41) is 1.74.